The lowest BCUT2D eigenvalue weighted by Gasteiger charge is -2.10. The number of nitrogen functional groups attached to an aromatic ring is 1. The Kier molecular flexibility index (Phi) is 3.73. The Bertz CT molecular complexity index is 751. The summed E-state index contributed by atoms with van der Waals surface area (Å²) < 4.78 is 5.96. The molecule has 0 saturated carbocycles. The Hall–Kier alpha value is -2.55. The number of benzene rings is 2. The van der Waals surface area contributed by atoms with Gasteiger partial charge in [0.2, 0.25) is 0 Å². The topological polar surface area (TPSA) is 48.1 Å². The zero-order chi connectivity index (χ0) is 14.7. The number of ether oxygens (including phenoxy) is 1. The molecular formula is C18H18N2O. The van der Waals surface area contributed by atoms with Crippen LogP contribution in [0.15, 0.2) is 54.7 Å². The van der Waals surface area contributed by atoms with Crippen molar-refractivity contribution in [3.8, 4) is 11.5 Å². The summed E-state index contributed by atoms with van der Waals surface area (Å²) in [6.45, 7) is 2.18. The van der Waals surface area contributed by atoms with Gasteiger partial charge in [-0.1, -0.05) is 25.5 Å². The summed E-state index contributed by atoms with van der Waals surface area (Å²) in [5.41, 5.74) is 8.80. The second-order valence-corrected chi connectivity index (χ2v) is 5.05. The Balaban J connectivity index is 1.93. The van der Waals surface area contributed by atoms with Gasteiger partial charge in [-0.25, -0.2) is 0 Å². The molecule has 0 bridgehead atoms. The molecule has 106 valence electrons. The van der Waals surface area contributed by atoms with Crippen molar-refractivity contribution >= 4 is 16.6 Å². The van der Waals surface area contributed by atoms with Gasteiger partial charge in [-0.05, 0) is 48.4 Å². The summed E-state index contributed by atoms with van der Waals surface area (Å²) in [5, 5.41) is 0.914. The van der Waals surface area contributed by atoms with E-state index in [1.165, 1.54) is 5.56 Å². The number of anilines is 1. The van der Waals surface area contributed by atoms with E-state index in [0.29, 0.717) is 5.69 Å². The number of nitrogens with two attached hydrogens (primary N) is 1. The number of aryl methyl sites for hydroxylation is 1. The molecule has 3 aromatic rings. The number of fused-ring (bicyclic) bond motifs is 1. The van der Waals surface area contributed by atoms with Crippen molar-refractivity contribution < 1.29 is 4.74 Å². The summed E-state index contributed by atoms with van der Waals surface area (Å²) >= 11 is 0. The summed E-state index contributed by atoms with van der Waals surface area (Å²) in [7, 11) is 0. The Labute approximate surface area is 124 Å². The minimum atomic E-state index is 0.712. The van der Waals surface area contributed by atoms with E-state index in [0.717, 1.165) is 35.2 Å². The molecule has 0 fully saturated rings. The third-order valence-electron chi connectivity index (χ3n) is 3.46. The van der Waals surface area contributed by atoms with Crippen LogP contribution >= 0.6 is 0 Å². The highest BCUT2D eigenvalue weighted by Gasteiger charge is 2.07. The quantitative estimate of drug-likeness (QED) is 0.711. The van der Waals surface area contributed by atoms with E-state index in [1.807, 2.05) is 36.4 Å². The van der Waals surface area contributed by atoms with Gasteiger partial charge in [0.25, 0.3) is 0 Å². The fourth-order valence-electron chi connectivity index (χ4n) is 2.39. The zero-order valence-electron chi connectivity index (χ0n) is 12.0. The van der Waals surface area contributed by atoms with Crippen LogP contribution in [0, 0.1) is 0 Å². The molecule has 0 saturated heterocycles. The van der Waals surface area contributed by atoms with Gasteiger partial charge < -0.3 is 10.5 Å². The number of hydrogen-bond donors (Lipinski definition) is 1. The van der Waals surface area contributed by atoms with Crippen molar-refractivity contribution in [2.24, 2.45) is 0 Å². The maximum Gasteiger partial charge on any atom is 0.153 e. The third kappa shape index (κ3) is 2.82. The fraction of sp³-hybridized carbons (Fsp3) is 0.167. The standard InChI is InChI=1S/C18H18N2O/c1-2-4-13-6-8-14(9-7-13)21-17-11-10-16(19)15-5-3-12-20-18(15)17/h3,5-12H,2,4,19H2,1H3. The number of aromatic nitrogens is 1. The van der Waals surface area contributed by atoms with Gasteiger partial charge in [0.1, 0.15) is 11.3 Å². The van der Waals surface area contributed by atoms with Crippen LogP contribution in [0.2, 0.25) is 0 Å². The number of hydrogen-bond acceptors (Lipinski definition) is 3. The minimum absolute atomic E-state index is 0.712. The minimum Gasteiger partial charge on any atom is -0.455 e. The van der Waals surface area contributed by atoms with Gasteiger partial charge in [-0.3, -0.25) is 4.98 Å². The smallest absolute Gasteiger partial charge is 0.153 e. The third-order valence-corrected chi connectivity index (χ3v) is 3.46. The monoisotopic (exact) mass is 278 g/mol. The second-order valence-electron chi connectivity index (χ2n) is 5.05. The van der Waals surface area contributed by atoms with Gasteiger partial charge in [0.15, 0.2) is 5.75 Å². The van der Waals surface area contributed by atoms with Crippen molar-refractivity contribution in [2.45, 2.75) is 19.8 Å². The second kappa shape index (κ2) is 5.83. The summed E-state index contributed by atoms with van der Waals surface area (Å²) in [6.07, 6.45) is 3.98. The van der Waals surface area contributed by atoms with E-state index in [2.05, 4.69) is 24.0 Å². The van der Waals surface area contributed by atoms with Crippen molar-refractivity contribution in [3.05, 3.63) is 60.3 Å². The maximum atomic E-state index is 5.98. The van der Waals surface area contributed by atoms with E-state index < -0.39 is 0 Å². The molecular weight excluding hydrogens is 260 g/mol. The number of nitrogens with zero attached hydrogens (tertiary/aromatic N) is 1. The molecule has 1 aromatic heterocycles. The summed E-state index contributed by atoms with van der Waals surface area (Å²) in [6, 6.07) is 15.7. The van der Waals surface area contributed by atoms with E-state index in [1.54, 1.807) is 6.20 Å². The van der Waals surface area contributed by atoms with Crippen LogP contribution in [-0.2, 0) is 6.42 Å². The van der Waals surface area contributed by atoms with Gasteiger partial charge in [0.05, 0.1) is 0 Å². The first-order valence-electron chi connectivity index (χ1n) is 7.18. The molecule has 0 aliphatic heterocycles. The molecule has 0 atom stereocenters. The first-order chi connectivity index (χ1) is 10.3. The molecule has 2 N–H and O–H groups in total. The van der Waals surface area contributed by atoms with E-state index in [4.69, 9.17) is 10.5 Å². The molecule has 2 aromatic carbocycles. The predicted octanol–water partition coefficient (Wildman–Crippen LogP) is 4.56. The Morgan fingerprint density at radius 2 is 1.86 bits per heavy atom. The fourth-order valence-corrected chi connectivity index (χ4v) is 2.39. The zero-order valence-corrected chi connectivity index (χ0v) is 12.0. The largest absolute Gasteiger partial charge is 0.455 e. The van der Waals surface area contributed by atoms with Crippen LogP contribution in [0.3, 0.4) is 0 Å². The Morgan fingerprint density at radius 1 is 1.05 bits per heavy atom. The van der Waals surface area contributed by atoms with Crippen LogP contribution in [0.5, 0.6) is 11.5 Å². The van der Waals surface area contributed by atoms with Crippen molar-refractivity contribution in [1.29, 1.82) is 0 Å². The van der Waals surface area contributed by atoms with Gasteiger partial charge >= 0.3 is 0 Å². The molecule has 1 heterocycles. The average molecular weight is 278 g/mol. The number of rotatable bonds is 4. The molecule has 3 nitrogen and oxygen atoms in total. The predicted molar refractivity (Wildman–Crippen MR) is 86.7 cm³/mol. The van der Waals surface area contributed by atoms with E-state index >= 15 is 0 Å². The SMILES string of the molecule is CCCc1ccc(Oc2ccc(N)c3cccnc23)cc1. The van der Waals surface area contributed by atoms with Gasteiger partial charge in [-0.15, -0.1) is 0 Å². The molecule has 3 heteroatoms. The van der Waals surface area contributed by atoms with Crippen LogP contribution in [0.1, 0.15) is 18.9 Å². The normalized spacial score (nSPS) is 10.7. The summed E-state index contributed by atoms with van der Waals surface area (Å²) in [5.74, 6) is 1.54. The lowest BCUT2D eigenvalue weighted by atomic mass is 10.1. The molecule has 0 amide bonds. The lowest BCUT2D eigenvalue weighted by molar-refractivity contribution is 0.487. The summed E-state index contributed by atoms with van der Waals surface area (Å²) in [4.78, 5) is 4.38. The molecule has 0 spiro atoms. The molecule has 21 heavy (non-hydrogen) atoms. The first-order valence-corrected chi connectivity index (χ1v) is 7.18. The van der Waals surface area contributed by atoms with Crippen molar-refractivity contribution in [2.75, 3.05) is 5.73 Å². The highest BCUT2D eigenvalue weighted by atomic mass is 16.5. The van der Waals surface area contributed by atoms with E-state index in [9.17, 15) is 0 Å². The van der Waals surface area contributed by atoms with Crippen LogP contribution in [-0.4, -0.2) is 4.98 Å². The molecule has 0 aliphatic carbocycles. The van der Waals surface area contributed by atoms with Gasteiger partial charge in [0, 0.05) is 17.3 Å². The highest BCUT2D eigenvalue weighted by Crippen LogP contribution is 2.31. The molecule has 0 unspecified atom stereocenters. The average Bonchev–Trinajstić information content (AvgIpc) is 2.52. The van der Waals surface area contributed by atoms with E-state index in [-0.39, 0.29) is 0 Å². The van der Waals surface area contributed by atoms with Crippen molar-refractivity contribution in [3.63, 3.8) is 0 Å². The molecule has 0 radical (unpaired) electrons. The Morgan fingerprint density at radius 3 is 2.62 bits per heavy atom. The van der Waals surface area contributed by atoms with Crippen LogP contribution in [0.25, 0.3) is 10.9 Å². The first kappa shape index (κ1) is 13.4. The lowest BCUT2D eigenvalue weighted by Crippen LogP contribution is -1.92. The van der Waals surface area contributed by atoms with Crippen LogP contribution in [0.4, 0.5) is 5.69 Å². The molecule has 3 rings (SSSR count). The van der Waals surface area contributed by atoms with Crippen molar-refractivity contribution in [1.82, 2.24) is 4.98 Å². The molecule has 0 aliphatic rings. The van der Waals surface area contributed by atoms with Crippen LogP contribution < -0.4 is 10.5 Å². The maximum absolute atomic E-state index is 5.98. The van der Waals surface area contributed by atoms with Gasteiger partial charge in [-0.2, -0.15) is 0 Å². The number of pyridine rings is 1. The highest BCUT2D eigenvalue weighted by molar-refractivity contribution is 5.94.